The zero-order valence-electron chi connectivity index (χ0n) is 15.7. The molecule has 152 valence electrons. The molecule has 2 heterocycles. The van der Waals surface area contributed by atoms with E-state index in [2.05, 4.69) is 10.3 Å². The molecule has 1 amide bonds. The van der Waals surface area contributed by atoms with Crippen LogP contribution in [0.1, 0.15) is 10.4 Å². The number of fused-ring (bicyclic) bond motifs is 1. The molecule has 1 N–H and O–H groups in total. The first-order chi connectivity index (χ1) is 13.8. The second-order valence-corrected chi connectivity index (χ2v) is 6.68. The van der Waals surface area contributed by atoms with E-state index in [-0.39, 0.29) is 30.9 Å². The lowest BCUT2D eigenvalue weighted by molar-refractivity contribution is -0.121. The number of esters is 1. The van der Waals surface area contributed by atoms with Crippen LogP contribution in [0.15, 0.2) is 40.2 Å². The van der Waals surface area contributed by atoms with Crippen molar-refractivity contribution >= 4 is 34.6 Å². The lowest BCUT2D eigenvalue weighted by Crippen LogP contribution is -2.38. The Morgan fingerprint density at radius 1 is 1.14 bits per heavy atom. The summed E-state index contributed by atoms with van der Waals surface area (Å²) in [6, 6.07) is 6.24. The molecule has 3 rings (SSSR count). The summed E-state index contributed by atoms with van der Waals surface area (Å²) in [6.07, 6.45) is 1.33. The van der Waals surface area contributed by atoms with Gasteiger partial charge in [-0.15, -0.1) is 0 Å². The Hall–Kier alpha value is -3.40. The van der Waals surface area contributed by atoms with Crippen molar-refractivity contribution in [3.05, 3.63) is 62.0 Å². The number of aryl methyl sites for hydroxylation is 1. The van der Waals surface area contributed by atoms with Gasteiger partial charge in [-0.3, -0.25) is 18.7 Å². The number of carbonyl (C=O) groups is 2. The molecule has 0 atom stereocenters. The SMILES string of the molecule is Cn1c(=O)c2c(ncn2CC(=O)NCCOC(=O)c2ccc(Cl)cc2)n(C)c1=O. The van der Waals surface area contributed by atoms with Crippen LogP contribution in [-0.4, -0.2) is 43.7 Å². The molecule has 0 bridgehead atoms. The van der Waals surface area contributed by atoms with Crippen LogP contribution in [0.2, 0.25) is 5.02 Å². The smallest absolute Gasteiger partial charge is 0.338 e. The van der Waals surface area contributed by atoms with Gasteiger partial charge in [0.2, 0.25) is 5.91 Å². The highest BCUT2D eigenvalue weighted by Gasteiger charge is 2.16. The highest BCUT2D eigenvalue weighted by molar-refractivity contribution is 6.30. The maximum Gasteiger partial charge on any atom is 0.338 e. The quantitative estimate of drug-likeness (QED) is 0.446. The number of carbonyl (C=O) groups excluding carboxylic acids is 2. The third-order valence-corrected chi connectivity index (χ3v) is 4.52. The Kier molecular flexibility index (Phi) is 5.83. The van der Waals surface area contributed by atoms with E-state index in [4.69, 9.17) is 16.3 Å². The second kappa shape index (κ2) is 8.31. The van der Waals surface area contributed by atoms with Gasteiger partial charge in [-0.2, -0.15) is 0 Å². The Bertz CT molecular complexity index is 1190. The number of hydrogen-bond acceptors (Lipinski definition) is 6. The topological polar surface area (TPSA) is 117 Å². The standard InChI is InChI=1S/C18H18ClN5O5/c1-22-15-14(16(26)23(2)18(22)28)24(10-21-15)9-13(25)20-7-8-29-17(27)11-3-5-12(19)6-4-11/h3-6,10H,7-9H2,1-2H3,(H,20,25). The maximum absolute atomic E-state index is 12.3. The third kappa shape index (κ3) is 4.21. The fourth-order valence-electron chi connectivity index (χ4n) is 2.73. The molecule has 3 aromatic rings. The Balaban J connectivity index is 1.58. The highest BCUT2D eigenvalue weighted by Crippen LogP contribution is 2.10. The maximum atomic E-state index is 12.3. The number of halogens is 1. The van der Waals surface area contributed by atoms with E-state index in [0.717, 1.165) is 4.57 Å². The van der Waals surface area contributed by atoms with Gasteiger partial charge in [-0.25, -0.2) is 14.6 Å². The second-order valence-electron chi connectivity index (χ2n) is 6.24. The molecule has 2 aromatic heterocycles. The summed E-state index contributed by atoms with van der Waals surface area (Å²) in [6.45, 7) is -0.0928. The number of nitrogens with zero attached hydrogens (tertiary/aromatic N) is 4. The lowest BCUT2D eigenvalue weighted by Gasteiger charge is -2.08. The van der Waals surface area contributed by atoms with E-state index >= 15 is 0 Å². The Morgan fingerprint density at radius 2 is 1.83 bits per heavy atom. The van der Waals surface area contributed by atoms with Gasteiger partial charge >= 0.3 is 11.7 Å². The van der Waals surface area contributed by atoms with Gasteiger partial charge in [0, 0.05) is 19.1 Å². The monoisotopic (exact) mass is 419 g/mol. The normalized spacial score (nSPS) is 10.9. The zero-order chi connectivity index (χ0) is 21.1. The largest absolute Gasteiger partial charge is 0.460 e. The molecule has 29 heavy (non-hydrogen) atoms. The predicted molar refractivity (Wildman–Crippen MR) is 105 cm³/mol. The van der Waals surface area contributed by atoms with Crippen LogP contribution in [0, 0.1) is 0 Å². The number of benzene rings is 1. The molecule has 1 aromatic carbocycles. The lowest BCUT2D eigenvalue weighted by atomic mass is 10.2. The van der Waals surface area contributed by atoms with Crippen molar-refractivity contribution in [2.75, 3.05) is 13.2 Å². The molecular formula is C18H18ClN5O5. The van der Waals surface area contributed by atoms with E-state index in [1.54, 1.807) is 24.3 Å². The van der Waals surface area contributed by atoms with Gasteiger partial charge in [0.05, 0.1) is 18.4 Å². The fraction of sp³-hybridized carbons (Fsp3) is 0.278. The van der Waals surface area contributed by atoms with Crippen LogP contribution in [0.25, 0.3) is 11.2 Å². The van der Waals surface area contributed by atoms with E-state index in [1.165, 1.54) is 29.6 Å². The van der Waals surface area contributed by atoms with Gasteiger partial charge < -0.3 is 14.6 Å². The summed E-state index contributed by atoms with van der Waals surface area (Å²) in [5.74, 6) is -0.927. The van der Waals surface area contributed by atoms with Crippen molar-refractivity contribution in [2.24, 2.45) is 14.1 Å². The van der Waals surface area contributed by atoms with Crippen molar-refractivity contribution in [2.45, 2.75) is 6.54 Å². The minimum atomic E-state index is -0.537. The van der Waals surface area contributed by atoms with Crippen molar-refractivity contribution in [1.82, 2.24) is 24.0 Å². The molecule has 0 radical (unpaired) electrons. The molecule has 10 nitrogen and oxygen atoms in total. The first-order valence-electron chi connectivity index (χ1n) is 8.60. The molecule has 0 unspecified atom stereocenters. The fourth-order valence-corrected chi connectivity index (χ4v) is 2.86. The van der Waals surface area contributed by atoms with Crippen molar-refractivity contribution in [3.63, 3.8) is 0 Å². The molecule has 0 spiro atoms. The van der Waals surface area contributed by atoms with Crippen molar-refractivity contribution in [1.29, 1.82) is 0 Å². The molecule has 0 aliphatic rings. The number of nitrogens with one attached hydrogen (secondary N) is 1. The van der Waals surface area contributed by atoms with Crippen LogP contribution < -0.4 is 16.6 Å². The van der Waals surface area contributed by atoms with Crippen LogP contribution in [0.5, 0.6) is 0 Å². The van der Waals surface area contributed by atoms with Crippen LogP contribution in [0.3, 0.4) is 0 Å². The summed E-state index contributed by atoms with van der Waals surface area (Å²) in [4.78, 5) is 52.4. The van der Waals surface area contributed by atoms with Crippen LogP contribution >= 0.6 is 11.6 Å². The third-order valence-electron chi connectivity index (χ3n) is 4.27. The number of imidazole rings is 1. The minimum absolute atomic E-state index is 0.0197. The number of aromatic nitrogens is 4. The number of amides is 1. The number of ether oxygens (including phenoxy) is 1. The van der Waals surface area contributed by atoms with Gasteiger partial charge in [-0.1, -0.05) is 11.6 Å². The van der Waals surface area contributed by atoms with Gasteiger partial charge in [0.1, 0.15) is 13.2 Å². The number of rotatable bonds is 6. The zero-order valence-corrected chi connectivity index (χ0v) is 16.5. The summed E-state index contributed by atoms with van der Waals surface area (Å²) >= 11 is 5.76. The van der Waals surface area contributed by atoms with E-state index in [9.17, 15) is 19.2 Å². The molecule has 0 aliphatic heterocycles. The molecule has 0 saturated carbocycles. The molecule has 0 saturated heterocycles. The Labute approximate surface area is 169 Å². The van der Waals surface area contributed by atoms with Crippen molar-refractivity contribution in [3.8, 4) is 0 Å². The van der Waals surface area contributed by atoms with Gasteiger partial charge in [0.15, 0.2) is 11.2 Å². The van der Waals surface area contributed by atoms with E-state index in [0.29, 0.717) is 10.6 Å². The van der Waals surface area contributed by atoms with Crippen LogP contribution in [0.4, 0.5) is 0 Å². The number of hydrogen-bond donors (Lipinski definition) is 1. The summed E-state index contributed by atoms with van der Waals surface area (Å²) in [5.41, 5.74) is -0.334. The van der Waals surface area contributed by atoms with Crippen LogP contribution in [-0.2, 0) is 30.2 Å². The average molecular weight is 420 g/mol. The average Bonchev–Trinajstić information content (AvgIpc) is 3.12. The highest BCUT2D eigenvalue weighted by atomic mass is 35.5. The Morgan fingerprint density at radius 3 is 2.52 bits per heavy atom. The molecule has 11 heteroatoms. The van der Waals surface area contributed by atoms with Crippen molar-refractivity contribution < 1.29 is 14.3 Å². The predicted octanol–water partition coefficient (Wildman–Crippen LogP) is 0.0603. The summed E-state index contributed by atoms with van der Waals surface area (Å²) in [5, 5.41) is 3.11. The molecule has 0 fully saturated rings. The first-order valence-corrected chi connectivity index (χ1v) is 8.97. The van der Waals surface area contributed by atoms with E-state index in [1.807, 2.05) is 0 Å². The van der Waals surface area contributed by atoms with E-state index < -0.39 is 23.1 Å². The minimum Gasteiger partial charge on any atom is -0.460 e. The summed E-state index contributed by atoms with van der Waals surface area (Å²) < 4.78 is 8.64. The molecule has 0 aliphatic carbocycles. The first kappa shape index (κ1) is 20.3. The summed E-state index contributed by atoms with van der Waals surface area (Å²) in [7, 11) is 2.85. The van der Waals surface area contributed by atoms with Gasteiger partial charge in [0.25, 0.3) is 5.56 Å². The van der Waals surface area contributed by atoms with Gasteiger partial charge in [-0.05, 0) is 24.3 Å². The molecular weight excluding hydrogens is 402 g/mol.